The molecule has 0 aromatic rings. The fourth-order valence-electron chi connectivity index (χ4n) is 4.71. The molecule has 21 heavy (non-hydrogen) atoms. The zero-order chi connectivity index (χ0) is 14.5. The van der Waals surface area contributed by atoms with E-state index in [1.165, 1.54) is 83.8 Å². The van der Waals surface area contributed by atoms with Gasteiger partial charge in [0, 0.05) is 25.2 Å². The molecule has 2 heterocycles. The predicted molar refractivity (Wildman–Crippen MR) is 87.7 cm³/mol. The zero-order valence-electron chi connectivity index (χ0n) is 13.9. The molecular weight excluding hydrogens is 260 g/mol. The maximum atomic E-state index is 6.28. The van der Waals surface area contributed by atoms with Crippen LogP contribution in [-0.4, -0.2) is 48.8 Å². The number of rotatable bonds is 4. The summed E-state index contributed by atoms with van der Waals surface area (Å²) in [6, 6.07) is 1.51. The Hall–Kier alpha value is -0.120. The molecule has 1 aliphatic carbocycles. The Balaban J connectivity index is 1.55. The molecule has 2 atom stereocenters. The van der Waals surface area contributed by atoms with Gasteiger partial charge in [-0.15, -0.1) is 0 Å². The summed E-state index contributed by atoms with van der Waals surface area (Å²) in [4.78, 5) is 2.79. The Bertz CT molecular complexity index is 309. The summed E-state index contributed by atoms with van der Waals surface area (Å²) >= 11 is 0. The lowest BCUT2D eigenvalue weighted by molar-refractivity contribution is -0.126. The van der Waals surface area contributed by atoms with E-state index >= 15 is 0 Å². The fraction of sp³-hybridized carbons (Fsp3) is 1.00. The van der Waals surface area contributed by atoms with Crippen LogP contribution < -0.4 is 5.32 Å². The average molecular weight is 294 g/mol. The Kier molecular flexibility index (Phi) is 5.58. The van der Waals surface area contributed by atoms with Crippen molar-refractivity contribution in [3.63, 3.8) is 0 Å². The zero-order valence-corrected chi connectivity index (χ0v) is 13.9. The third-order valence-electron chi connectivity index (χ3n) is 5.88. The number of nitrogens with one attached hydrogen (secondary N) is 1. The smallest absolute Gasteiger partial charge is 0.0697 e. The molecule has 0 radical (unpaired) electrons. The quantitative estimate of drug-likeness (QED) is 0.861. The Morgan fingerprint density at radius 3 is 2.81 bits per heavy atom. The molecule has 2 saturated heterocycles. The van der Waals surface area contributed by atoms with Crippen LogP contribution in [0.25, 0.3) is 0 Å². The molecule has 1 N–H and O–H groups in total. The lowest BCUT2D eigenvalue weighted by Gasteiger charge is -2.48. The number of piperidine rings is 1. The average Bonchev–Trinajstić information content (AvgIpc) is 2.54. The highest BCUT2D eigenvalue weighted by Gasteiger charge is 2.40. The van der Waals surface area contributed by atoms with Crippen LogP contribution in [-0.2, 0) is 4.74 Å². The molecular formula is C18H34N2O. The van der Waals surface area contributed by atoms with Crippen molar-refractivity contribution in [2.24, 2.45) is 0 Å². The highest BCUT2D eigenvalue weighted by molar-refractivity contribution is 4.94. The summed E-state index contributed by atoms with van der Waals surface area (Å²) in [5, 5.41) is 3.74. The molecule has 3 heteroatoms. The maximum Gasteiger partial charge on any atom is 0.0697 e. The van der Waals surface area contributed by atoms with Crippen LogP contribution in [0.1, 0.15) is 71.1 Å². The van der Waals surface area contributed by atoms with E-state index in [1.807, 2.05) is 0 Å². The van der Waals surface area contributed by atoms with E-state index < -0.39 is 0 Å². The Labute approximate surface area is 130 Å². The van der Waals surface area contributed by atoms with Crippen molar-refractivity contribution in [3.8, 4) is 0 Å². The molecule has 0 aromatic carbocycles. The van der Waals surface area contributed by atoms with E-state index in [4.69, 9.17) is 4.74 Å². The first kappa shape index (κ1) is 15.8. The number of hydrogen-bond acceptors (Lipinski definition) is 3. The first-order valence-electron chi connectivity index (χ1n) is 9.43. The van der Waals surface area contributed by atoms with E-state index in [-0.39, 0.29) is 5.60 Å². The first-order chi connectivity index (χ1) is 10.3. The predicted octanol–water partition coefficient (Wildman–Crippen LogP) is 3.33. The monoisotopic (exact) mass is 294 g/mol. The third-order valence-corrected chi connectivity index (χ3v) is 5.88. The Morgan fingerprint density at radius 2 is 2.00 bits per heavy atom. The van der Waals surface area contributed by atoms with Gasteiger partial charge in [0.2, 0.25) is 0 Å². The van der Waals surface area contributed by atoms with Crippen LogP contribution >= 0.6 is 0 Å². The highest BCUT2D eigenvalue weighted by Crippen LogP contribution is 2.40. The van der Waals surface area contributed by atoms with E-state index in [9.17, 15) is 0 Å². The first-order valence-corrected chi connectivity index (χ1v) is 9.43. The minimum atomic E-state index is 0.255. The van der Waals surface area contributed by atoms with Crippen molar-refractivity contribution in [2.75, 3.05) is 26.2 Å². The second-order valence-corrected chi connectivity index (χ2v) is 7.53. The number of hydrogen-bond donors (Lipinski definition) is 1. The van der Waals surface area contributed by atoms with Gasteiger partial charge in [0.1, 0.15) is 0 Å². The maximum absolute atomic E-state index is 6.28. The Morgan fingerprint density at radius 1 is 1.14 bits per heavy atom. The van der Waals surface area contributed by atoms with Crippen LogP contribution in [0, 0.1) is 0 Å². The molecule has 1 spiro atoms. The lowest BCUT2D eigenvalue weighted by atomic mass is 9.77. The summed E-state index contributed by atoms with van der Waals surface area (Å²) in [5.41, 5.74) is 0.255. The van der Waals surface area contributed by atoms with E-state index in [0.717, 1.165) is 18.7 Å². The molecule has 2 unspecified atom stereocenters. The molecule has 3 fully saturated rings. The number of nitrogens with zero attached hydrogens (tertiary/aromatic N) is 1. The second-order valence-electron chi connectivity index (χ2n) is 7.53. The van der Waals surface area contributed by atoms with Crippen LogP contribution in [0.3, 0.4) is 0 Å². The molecule has 0 aromatic heterocycles. The normalized spacial score (nSPS) is 34.1. The van der Waals surface area contributed by atoms with Crippen molar-refractivity contribution in [3.05, 3.63) is 0 Å². The van der Waals surface area contributed by atoms with Gasteiger partial charge < -0.3 is 10.1 Å². The van der Waals surface area contributed by atoms with Gasteiger partial charge in [-0.1, -0.05) is 26.2 Å². The molecule has 1 saturated carbocycles. The molecule has 2 aliphatic heterocycles. The second kappa shape index (κ2) is 7.43. The van der Waals surface area contributed by atoms with Crippen molar-refractivity contribution >= 4 is 0 Å². The number of likely N-dealkylation sites (tertiary alicyclic amines) is 1. The van der Waals surface area contributed by atoms with Gasteiger partial charge >= 0.3 is 0 Å². The molecule has 3 rings (SSSR count). The molecule has 0 amide bonds. The highest BCUT2D eigenvalue weighted by atomic mass is 16.5. The van der Waals surface area contributed by atoms with Crippen molar-refractivity contribution < 1.29 is 4.74 Å². The minimum Gasteiger partial charge on any atom is -0.375 e. The van der Waals surface area contributed by atoms with Gasteiger partial charge in [-0.05, 0) is 58.0 Å². The summed E-state index contributed by atoms with van der Waals surface area (Å²) in [5.74, 6) is 0. The number of ether oxygens (including phenoxy) is 1. The van der Waals surface area contributed by atoms with Crippen molar-refractivity contribution in [1.82, 2.24) is 10.2 Å². The molecule has 122 valence electrons. The fourth-order valence-corrected chi connectivity index (χ4v) is 4.71. The standard InChI is InChI=1S/C18H34N2O/c1-2-11-19-16-7-6-12-20(15-16)17-8-13-21-18(14-17)9-4-3-5-10-18/h16-17,19H,2-15H2,1H3. The summed E-state index contributed by atoms with van der Waals surface area (Å²) < 4.78 is 6.28. The summed E-state index contributed by atoms with van der Waals surface area (Å²) in [7, 11) is 0. The summed E-state index contributed by atoms with van der Waals surface area (Å²) in [6.07, 6.45) is 13.3. The van der Waals surface area contributed by atoms with Gasteiger partial charge in [-0.2, -0.15) is 0 Å². The van der Waals surface area contributed by atoms with Gasteiger partial charge in [-0.3, -0.25) is 4.90 Å². The lowest BCUT2D eigenvalue weighted by Crippen LogP contribution is -2.54. The molecule has 3 nitrogen and oxygen atoms in total. The van der Waals surface area contributed by atoms with Crippen LogP contribution in [0.2, 0.25) is 0 Å². The summed E-state index contributed by atoms with van der Waals surface area (Å²) in [6.45, 7) is 7.01. The minimum absolute atomic E-state index is 0.255. The van der Waals surface area contributed by atoms with Crippen LogP contribution in [0.5, 0.6) is 0 Å². The largest absolute Gasteiger partial charge is 0.375 e. The molecule has 3 aliphatic rings. The van der Waals surface area contributed by atoms with Crippen LogP contribution in [0.15, 0.2) is 0 Å². The topological polar surface area (TPSA) is 24.5 Å². The van der Waals surface area contributed by atoms with Crippen molar-refractivity contribution in [1.29, 1.82) is 0 Å². The van der Waals surface area contributed by atoms with Gasteiger partial charge in [0.05, 0.1) is 5.60 Å². The SMILES string of the molecule is CCCNC1CCCN(C2CCOC3(CCCCC3)C2)C1. The van der Waals surface area contributed by atoms with E-state index in [2.05, 4.69) is 17.1 Å². The van der Waals surface area contributed by atoms with Crippen molar-refractivity contribution in [2.45, 2.75) is 88.8 Å². The van der Waals surface area contributed by atoms with Crippen LogP contribution in [0.4, 0.5) is 0 Å². The van der Waals surface area contributed by atoms with Gasteiger partial charge in [0.25, 0.3) is 0 Å². The van der Waals surface area contributed by atoms with E-state index in [0.29, 0.717) is 0 Å². The third kappa shape index (κ3) is 4.00. The molecule has 0 bridgehead atoms. The van der Waals surface area contributed by atoms with Gasteiger partial charge in [0.15, 0.2) is 0 Å². The van der Waals surface area contributed by atoms with E-state index in [1.54, 1.807) is 0 Å². The van der Waals surface area contributed by atoms with Gasteiger partial charge in [-0.25, -0.2) is 0 Å².